The fraction of sp³-hybridized carbons (Fsp3) is 1.00. The highest BCUT2D eigenvalue weighted by Gasteiger charge is 2.13. The van der Waals surface area contributed by atoms with E-state index in [0.29, 0.717) is 0 Å². The van der Waals surface area contributed by atoms with Crippen molar-refractivity contribution in [1.29, 1.82) is 0 Å². The predicted molar refractivity (Wildman–Crippen MR) is 48.6 cm³/mol. The second-order valence-corrected chi connectivity index (χ2v) is 4.02. The van der Waals surface area contributed by atoms with Crippen molar-refractivity contribution in [3.63, 3.8) is 0 Å². The summed E-state index contributed by atoms with van der Waals surface area (Å²) in [5, 5.41) is 3.56. The average molecular weight is 159 g/mol. The van der Waals surface area contributed by atoms with Gasteiger partial charge in [0.15, 0.2) is 0 Å². The topological polar surface area (TPSA) is 12.0 Å². The van der Waals surface area contributed by atoms with Crippen molar-refractivity contribution in [2.24, 2.45) is 0 Å². The first-order valence-electron chi connectivity index (χ1n) is 4.24. The van der Waals surface area contributed by atoms with Gasteiger partial charge in [-0.25, -0.2) is 0 Å². The third-order valence-electron chi connectivity index (χ3n) is 1.89. The third-order valence-corrected chi connectivity index (χ3v) is 3.06. The Balaban J connectivity index is 1.91. The molecule has 2 heteroatoms. The molecule has 0 aromatic heterocycles. The number of hydrogen-bond acceptors (Lipinski definition) is 2. The van der Waals surface area contributed by atoms with E-state index in [1.54, 1.807) is 0 Å². The molecule has 0 aliphatic carbocycles. The van der Waals surface area contributed by atoms with E-state index in [1.165, 1.54) is 37.3 Å². The molecule has 1 heterocycles. The molecule has 0 spiro atoms. The molecule has 0 aromatic carbocycles. The van der Waals surface area contributed by atoms with Gasteiger partial charge in [-0.15, -0.1) is 0 Å². The summed E-state index contributed by atoms with van der Waals surface area (Å²) < 4.78 is 0. The first-order chi connectivity index (χ1) is 4.93. The summed E-state index contributed by atoms with van der Waals surface area (Å²) in [4.78, 5) is 0. The van der Waals surface area contributed by atoms with Crippen LogP contribution >= 0.6 is 11.8 Å². The van der Waals surface area contributed by atoms with E-state index in [1.807, 2.05) is 0 Å². The highest BCUT2D eigenvalue weighted by Crippen LogP contribution is 2.16. The molecule has 0 bridgehead atoms. The quantitative estimate of drug-likeness (QED) is 0.629. The molecule has 1 aliphatic heterocycles. The SMILES string of the molecule is CCCCNC1CCSC1. The molecule has 1 unspecified atom stereocenters. The summed E-state index contributed by atoms with van der Waals surface area (Å²) >= 11 is 2.08. The summed E-state index contributed by atoms with van der Waals surface area (Å²) in [5.74, 6) is 2.70. The van der Waals surface area contributed by atoms with Crippen LogP contribution in [0.2, 0.25) is 0 Å². The van der Waals surface area contributed by atoms with E-state index in [-0.39, 0.29) is 0 Å². The van der Waals surface area contributed by atoms with Crippen LogP contribution in [0.5, 0.6) is 0 Å². The Morgan fingerprint density at radius 2 is 2.50 bits per heavy atom. The first-order valence-corrected chi connectivity index (χ1v) is 5.40. The number of rotatable bonds is 4. The highest BCUT2D eigenvalue weighted by molar-refractivity contribution is 7.99. The van der Waals surface area contributed by atoms with Crippen LogP contribution < -0.4 is 5.32 Å². The maximum Gasteiger partial charge on any atom is 0.0166 e. The van der Waals surface area contributed by atoms with Gasteiger partial charge in [0.05, 0.1) is 0 Å². The normalized spacial score (nSPS) is 25.5. The Bertz CT molecular complexity index is 79.3. The highest BCUT2D eigenvalue weighted by atomic mass is 32.2. The van der Waals surface area contributed by atoms with Gasteiger partial charge >= 0.3 is 0 Å². The van der Waals surface area contributed by atoms with E-state index < -0.39 is 0 Å². The molecule has 1 aliphatic rings. The van der Waals surface area contributed by atoms with E-state index in [2.05, 4.69) is 24.0 Å². The van der Waals surface area contributed by atoms with Gasteiger partial charge in [-0.2, -0.15) is 11.8 Å². The van der Waals surface area contributed by atoms with Crippen LogP contribution in [0.3, 0.4) is 0 Å². The molecule has 0 aromatic rings. The molecule has 1 N–H and O–H groups in total. The maximum atomic E-state index is 3.56. The van der Waals surface area contributed by atoms with Crippen molar-refractivity contribution in [1.82, 2.24) is 5.32 Å². The van der Waals surface area contributed by atoms with Crippen molar-refractivity contribution in [3.8, 4) is 0 Å². The number of nitrogens with one attached hydrogen (secondary N) is 1. The van der Waals surface area contributed by atoms with Gasteiger partial charge in [-0.3, -0.25) is 0 Å². The maximum absolute atomic E-state index is 3.56. The van der Waals surface area contributed by atoms with Crippen LogP contribution in [0.25, 0.3) is 0 Å². The lowest BCUT2D eigenvalue weighted by molar-refractivity contribution is 0.541. The molecule has 10 heavy (non-hydrogen) atoms. The second kappa shape index (κ2) is 5.03. The molecule has 1 nitrogen and oxygen atoms in total. The van der Waals surface area contributed by atoms with Gasteiger partial charge in [-0.1, -0.05) is 13.3 Å². The zero-order valence-electron chi connectivity index (χ0n) is 6.73. The van der Waals surface area contributed by atoms with Crippen molar-refractivity contribution < 1.29 is 0 Å². The molecule has 0 radical (unpaired) electrons. The minimum absolute atomic E-state index is 0.830. The molecular weight excluding hydrogens is 142 g/mol. The minimum Gasteiger partial charge on any atom is -0.313 e. The molecule has 60 valence electrons. The number of thioether (sulfide) groups is 1. The fourth-order valence-corrected chi connectivity index (χ4v) is 2.37. The van der Waals surface area contributed by atoms with Gasteiger partial charge in [-0.05, 0) is 25.1 Å². The van der Waals surface area contributed by atoms with Crippen LogP contribution in [0.15, 0.2) is 0 Å². The third kappa shape index (κ3) is 2.93. The van der Waals surface area contributed by atoms with E-state index in [9.17, 15) is 0 Å². The second-order valence-electron chi connectivity index (χ2n) is 2.87. The molecule has 0 saturated carbocycles. The van der Waals surface area contributed by atoms with Crippen molar-refractivity contribution >= 4 is 11.8 Å². The predicted octanol–water partition coefficient (Wildman–Crippen LogP) is 1.88. The van der Waals surface area contributed by atoms with Crippen LogP contribution in [0.4, 0.5) is 0 Å². The summed E-state index contributed by atoms with van der Waals surface area (Å²) in [6.45, 7) is 3.47. The lowest BCUT2D eigenvalue weighted by atomic mass is 10.2. The van der Waals surface area contributed by atoms with Gasteiger partial charge in [0.2, 0.25) is 0 Å². The molecule has 1 saturated heterocycles. The standard InChI is InChI=1S/C8H17NS/c1-2-3-5-9-8-4-6-10-7-8/h8-9H,2-7H2,1H3. The van der Waals surface area contributed by atoms with Crippen LogP contribution in [-0.2, 0) is 0 Å². The van der Waals surface area contributed by atoms with Gasteiger partial charge in [0, 0.05) is 11.8 Å². The van der Waals surface area contributed by atoms with E-state index >= 15 is 0 Å². The Hall–Kier alpha value is 0.310. The fourth-order valence-electron chi connectivity index (χ4n) is 1.18. The lowest BCUT2D eigenvalue weighted by Gasteiger charge is -2.09. The molecular formula is C8H17NS. The van der Waals surface area contributed by atoms with Crippen LogP contribution in [-0.4, -0.2) is 24.1 Å². The Morgan fingerprint density at radius 3 is 3.10 bits per heavy atom. The minimum atomic E-state index is 0.830. The lowest BCUT2D eigenvalue weighted by Crippen LogP contribution is -2.29. The molecule has 1 fully saturated rings. The van der Waals surface area contributed by atoms with E-state index in [4.69, 9.17) is 0 Å². The zero-order valence-corrected chi connectivity index (χ0v) is 7.54. The van der Waals surface area contributed by atoms with Crippen molar-refractivity contribution in [2.75, 3.05) is 18.1 Å². The molecule has 1 rings (SSSR count). The average Bonchev–Trinajstić information content (AvgIpc) is 2.41. The largest absolute Gasteiger partial charge is 0.313 e. The zero-order chi connectivity index (χ0) is 7.23. The Morgan fingerprint density at radius 1 is 1.60 bits per heavy atom. The number of hydrogen-bond donors (Lipinski definition) is 1. The summed E-state index contributed by atoms with van der Waals surface area (Å²) in [7, 11) is 0. The Kier molecular flexibility index (Phi) is 4.23. The molecule has 0 amide bonds. The van der Waals surface area contributed by atoms with Crippen LogP contribution in [0.1, 0.15) is 26.2 Å². The summed E-state index contributed by atoms with van der Waals surface area (Å²) in [6, 6.07) is 0.830. The summed E-state index contributed by atoms with van der Waals surface area (Å²) in [5.41, 5.74) is 0. The Labute approximate surface area is 68.0 Å². The van der Waals surface area contributed by atoms with Crippen molar-refractivity contribution in [2.45, 2.75) is 32.2 Å². The number of unbranched alkanes of at least 4 members (excludes halogenated alkanes) is 1. The van der Waals surface area contributed by atoms with Gasteiger partial charge in [0.1, 0.15) is 0 Å². The van der Waals surface area contributed by atoms with E-state index in [0.717, 1.165) is 6.04 Å². The van der Waals surface area contributed by atoms with Gasteiger partial charge < -0.3 is 5.32 Å². The molecule has 1 atom stereocenters. The smallest absolute Gasteiger partial charge is 0.0166 e. The van der Waals surface area contributed by atoms with Crippen LogP contribution in [0, 0.1) is 0 Å². The monoisotopic (exact) mass is 159 g/mol. The van der Waals surface area contributed by atoms with Crippen molar-refractivity contribution in [3.05, 3.63) is 0 Å². The summed E-state index contributed by atoms with van der Waals surface area (Å²) in [6.07, 6.45) is 4.03. The van der Waals surface area contributed by atoms with Gasteiger partial charge in [0.25, 0.3) is 0 Å². The first kappa shape index (κ1) is 8.41.